The molecule has 90 valence electrons. The summed E-state index contributed by atoms with van der Waals surface area (Å²) in [5, 5.41) is 4.45. The van der Waals surface area contributed by atoms with Crippen molar-refractivity contribution >= 4 is 29.1 Å². The molecule has 2 N–H and O–H groups in total. The summed E-state index contributed by atoms with van der Waals surface area (Å²) in [7, 11) is 0. The van der Waals surface area contributed by atoms with Crippen LogP contribution in [0.2, 0.25) is 5.02 Å². The summed E-state index contributed by atoms with van der Waals surface area (Å²) in [6.45, 7) is 3.58. The highest BCUT2D eigenvalue weighted by atomic mass is 35.5. The first-order valence-electron chi connectivity index (χ1n) is 4.69. The topological polar surface area (TPSA) is 58.2 Å². The van der Waals surface area contributed by atoms with E-state index in [1.54, 1.807) is 0 Å². The monoisotopic (exact) mass is 256 g/mol. The summed E-state index contributed by atoms with van der Waals surface area (Å²) >= 11 is 5.52. The van der Waals surface area contributed by atoms with Crippen molar-refractivity contribution in [3.8, 4) is 0 Å². The summed E-state index contributed by atoms with van der Waals surface area (Å²) in [5.74, 6) is -2.25. The van der Waals surface area contributed by atoms with E-state index in [1.807, 2.05) is 0 Å². The van der Waals surface area contributed by atoms with Crippen molar-refractivity contribution in [1.29, 1.82) is 0 Å². The zero-order valence-electron chi connectivity index (χ0n) is 8.80. The van der Waals surface area contributed by atoms with E-state index in [4.69, 9.17) is 11.6 Å². The first kappa shape index (κ1) is 13.2. The molecule has 1 rings (SSSR count). The van der Waals surface area contributed by atoms with Gasteiger partial charge in [-0.2, -0.15) is 0 Å². The predicted octanol–water partition coefficient (Wildman–Crippen LogP) is 1.72. The Kier molecular flexibility index (Phi) is 4.66. The van der Waals surface area contributed by atoms with E-state index >= 15 is 0 Å². The van der Waals surface area contributed by atoms with Crippen LogP contribution in [0.4, 0.5) is 10.1 Å². The lowest BCUT2D eigenvalue weighted by molar-refractivity contribution is -0.136. The summed E-state index contributed by atoms with van der Waals surface area (Å²) in [6, 6.07) is 3.62. The molecule has 6 heteroatoms. The summed E-state index contributed by atoms with van der Waals surface area (Å²) in [5.41, 5.74) is 0.246. The summed E-state index contributed by atoms with van der Waals surface area (Å²) in [6.07, 6.45) is 1.44. The predicted molar refractivity (Wildman–Crippen MR) is 63.2 cm³/mol. The number of anilines is 1. The van der Waals surface area contributed by atoms with Gasteiger partial charge in [-0.3, -0.25) is 9.59 Å². The third-order valence-corrected chi connectivity index (χ3v) is 2.08. The standard InChI is InChI=1S/C11H10ClFN2O2/c1-2-5-14-10(16)11(17)15-7-3-4-9(13)8(12)6-7/h2-4,6H,1,5H2,(H,14,16)(H,15,17). The third kappa shape index (κ3) is 3.88. The molecule has 0 heterocycles. The van der Waals surface area contributed by atoms with Crippen LogP contribution in [0.15, 0.2) is 30.9 Å². The fraction of sp³-hybridized carbons (Fsp3) is 0.0909. The molecule has 0 aromatic heterocycles. The highest BCUT2D eigenvalue weighted by Gasteiger charge is 2.13. The van der Waals surface area contributed by atoms with Gasteiger partial charge in [-0.1, -0.05) is 17.7 Å². The number of benzene rings is 1. The van der Waals surface area contributed by atoms with Crippen molar-refractivity contribution in [2.24, 2.45) is 0 Å². The highest BCUT2D eigenvalue weighted by Crippen LogP contribution is 2.19. The van der Waals surface area contributed by atoms with Crippen molar-refractivity contribution in [2.45, 2.75) is 0 Å². The van der Waals surface area contributed by atoms with Gasteiger partial charge in [0, 0.05) is 12.2 Å². The minimum absolute atomic E-state index is 0.130. The average Bonchev–Trinajstić information content (AvgIpc) is 2.30. The molecule has 0 spiro atoms. The van der Waals surface area contributed by atoms with Crippen LogP contribution in [0, 0.1) is 5.82 Å². The van der Waals surface area contributed by atoms with Crippen LogP contribution in [0.1, 0.15) is 0 Å². The van der Waals surface area contributed by atoms with Gasteiger partial charge in [0.2, 0.25) is 0 Å². The molecule has 0 bridgehead atoms. The number of carbonyl (C=O) groups excluding carboxylic acids is 2. The number of hydrogen-bond acceptors (Lipinski definition) is 2. The lowest BCUT2D eigenvalue weighted by Gasteiger charge is -2.05. The summed E-state index contributed by atoms with van der Waals surface area (Å²) in [4.78, 5) is 22.5. The lowest BCUT2D eigenvalue weighted by Crippen LogP contribution is -2.35. The van der Waals surface area contributed by atoms with Gasteiger partial charge >= 0.3 is 11.8 Å². The molecule has 0 aliphatic carbocycles. The van der Waals surface area contributed by atoms with E-state index in [9.17, 15) is 14.0 Å². The normalized spacial score (nSPS) is 9.53. The van der Waals surface area contributed by atoms with E-state index in [1.165, 1.54) is 18.2 Å². The van der Waals surface area contributed by atoms with Crippen LogP contribution in [0.3, 0.4) is 0 Å². The first-order chi connectivity index (χ1) is 8.04. The van der Waals surface area contributed by atoms with E-state index in [0.717, 1.165) is 6.07 Å². The zero-order valence-corrected chi connectivity index (χ0v) is 9.55. The van der Waals surface area contributed by atoms with Crippen molar-refractivity contribution in [3.63, 3.8) is 0 Å². The Bertz CT molecular complexity index is 463. The average molecular weight is 257 g/mol. The van der Waals surface area contributed by atoms with Gasteiger partial charge in [-0.15, -0.1) is 6.58 Å². The second-order valence-electron chi connectivity index (χ2n) is 3.08. The van der Waals surface area contributed by atoms with Gasteiger partial charge in [0.05, 0.1) is 5.02 Å². The van der Waals surface area contributed by atoms with Crippen LogP contribution >= 0.6 is 11.6 Å². The number of nitrogens with one attached hydrogen (secondary N) is 2. The van der Waals surface area contributed by atoms with Gasteiger partial charge in [0.15, 0.2) is 0 Å². The van der Waals surface area contributed by atoms with Gasteiger partial charge in [-0.05, 0) is 18.2 Å². The molecule has 0 aliphatic rings. The first-order valence-corrected chi connectivity index (χ1v) is 5.07. The number of carbonyl (C=O) groups is 2. The van der Waals surface area contributed by atoms with Gasteiger partial charge in [0.1, 0.15) is 5.82 Å². The molecule has 17 heavy (non-hydrogen) atoms. The van der Waals surface area contributed by atoms with Crippen molar-refractivity contribution < 1.29 is 14.0 Å². The largest absolute Gasteiger partial charge is 0.344 e. The quantitative estimate of drug-likeness (QED) is 0.639. The maximum Gasteiger partial charge on any atom is 0.313 e. The van der Waals surface area contributed by atoms with E-state index in [0.29, 0.717) is 0 Å². The molecule has 0 saturated carbocycles. The molecule has 1 aromatic rings. The lowest BCUT2D eigenvalue weighted by atomic mass is 10.3. The molecule has 2 amide bonds. The minimum Gasteiger partial charge on any atom is -0.344 e. The Hall–Kier alpha value is -1.88. The van der Waals surface area contributed by atoms with E-state index < -0.39 is 17.6 Å². The maximum absolute atomic E-state index is 12.8. The third-order valence-electron chi connectivity index (χ3n) is 1.79. The molecule has 0 atom stereocenters. The molecule has 0 aliphatic heterocycles. The smallest absolute Gasteiger partial charge is 0.313 e. The van der Waals surface area contributed by atoms with Crippen molar-refractivity contribution in [2.75, 3.05) is 11.9 Å². The Labute approximate surface area is 102 Å². The molecule has 0 unspecified atom stereocenters. The second-order valence-corrected chi connectivity index (χ2v) is 3.49. The van der Waals surface area contributed by atoms with Gasteiger partial charge in [-0.25, -0.2) is 4.39 Å². The molecule has 4 nitrogen and oxygen atoms in total. The van der Waals surface area contributed by atoms with Crippen LogP contribution in [0.25, 0.3) is 0 Å². The molecular formula is C11H10ClFN2O2. The number of halogens is 2. The van der Waals surface area contributed by atoms with Gasteiger partial charge < -0.3 is 10.6 Å². The Morgan fingerprint density at radius 3 is 2.71 bits per heavy atom. The molecule has 1 aromatic carbocycles. The van der Waals surface area contributed by atoms with E-state index in [-0.39, 0.29) is 17.3 Å². The second kappa shape index (κ2) is 6.00. The SMILES string of the molecule is C=CCNC(=O)C(=O)Nc1ccc(F)c(Cl)c1. The van der Waals surface area contributed by atoms with E-state index in [2.05, 4.69) is 17.2 Å². The number of amides is 2. The molecular weight excluding hydrogens is 247 g/mol. The zero-order chi connectivity index (χ0) is 12.8. The van der Waals surface area contributed by atoms with Crippen LogP contribution in [0.5, 0.6) is 0 Å². The number of hydrogen-bond donors (Lipinski definition) is 2. The van der Waals surface area contributed by atoms with Crippen molar-refractivity contribution in [3.05, 3.63) is 41.7 Å². The maximum atomic E-state index is 12.8. The van der Waals surface area contributed by atoms with Crippen LogP contribution in [-0.2, 0) is 9.59 Å². The fourth-order valence-electron chi connectivity index (χ4n) is 1.01. The van der Waals surface area contributed by atoms with Crippen molar-refractivity contribution in [1.82, 2.24) is 5.32 Å². The van der Waals surface area contributed by atoms with Gasteiger partial charge in [0.25, 0.3) is 0 Å². The number of rotatable bonds is 3. The fourth-order valence-corrected chi connectivity index (χ4v) is 1.19. The molecule has 0 fully saturated rings. The highest BCUT2D eigenvalue weighted by molar-refractivity contribution is 6.39. The van der Waals surface area contributed by atoms with Crippen LogP contribution in [-0.4, -0.2) is 18.4 Å². The summed E-state index contributed by atoms with van der Waals surface area (Å²) < 4.78 is 12.8. The minimum atomic E-state index is -0.852. The Morgan fingerprint density at radius 2 is 2.12 bits per heavy atom. The molecule has 0 radical (unpaired) electrons. The van der Waals surface area contributed by atoms with Crippen LogP contribution < -0.4 is 10.6 Å². The molecule has 0 saturated heterocycles. The Morgan fingerprint density at radius 1 is 1.41 bits per heavy atom. The Balaban J connectivity index is 2.64.